The van der Waals surface area contributed by atoms with E-state index in [2.05, 4.69) is 20.5 Å². The normalized spacial score (nSPS) is 10.3. The molecule has 0 saturated heterocycles. The standard InChI is InChI=1S/C12H13ClN4O/c1-8-6-9(2-3-10(8)13)12(18)14-5-4-11-15-7-16-17-11/h2-3,6-7H,4-5H2,1H3,(H,14,18)(H,15,16,17). The van der Waals surface area contributed by atoms with E-state index in [-0.39, 0.29) is 5.91 Å². The lowest BCUT2D eigenvalue weighted by Crippen LogP contribution is -2.26. The molecule has 0 aliphatic heterocycles. The van der Waals surface area contributed by atoms with Crippen LogP contribution in [0.15, 0.2) is 24.5 Å². The maximum atomic E-state index is 11.8. The van der Waals surface area contributed by atoms with Crippen LogP contribution in [0.3, 0.4) is 0 Å². The maximum Gasteiger partial charge on any atom is 0.251 e. The number of carbonyl (C=O) groups excluding carboxylic acids is 1. The molecule has 1 amide bonds. The quantitative estimate of drug-likeness (QED) is 0.884. The number of halogens is 1. The van der Waals surface area contributed by atoms with Crippen LogP contribution in [0.2, 0.25) is 5.02 Å². The van der Waals surface area contributed by atoms with Crippen LogP contribution in [-0.2, 0) is 6.42 Å². The lowest BCUT2D eigenvalue weighted by Gasteiger charge is -2.05. The summed E-state index contributed by atoms with van der Waals surface area (Å²) in [5, 5.41) is 9.95. The average molecular weight is 265 g/mol. The van der Waals surface area contributed by atoms with E-state index in [0.717, 1.165) is 11.4 Å². The number of nitrogens with zero attached hydrogens (tertiary/aromatic N) is 2. The first-order chi connectivity index (χ1) is 8.66. The summed E-state index contributed by atoms with van der Waals surface area (Å²) in [7, 11) is 0. The number of amides is 1. The fourth-order valence-corrected chi connectivity index (χ4v) is 1.65. The molecule has 6 heteroatoms. The van der Waals surface area contributed by atoms with Crippen molar-refractivity contribution in [1.29, 1.82) is 0 Å². The molecule has 0 bridgehead atoms. The van der Waals surface area contributed by atoms with Gasteiger partial charge in [-0.3, -0.25) is 9.89 Å². The highest BCUT2D eigenvalue weighted by atomic mass is 35.5. The largest absolute Gasteiger partial charge is 0.352 e. The fraction of sp³-hybridized carbons (Fsp3) is 0.250. The zero-order chi connectivity index (χ0) is 13.0. The van der Waals surface area contributed by atoms with E-state index in [4.69, 9.17) is 11.6 Å². The molecule has 0 fully saturated rings. The van der Waals surface area contributed by atoms with Gasteiger partial charge in [-0.25, -0.2) is 4.98 Å². The van der Waals surface area contributed by atoms with E-state index in [1.165, 1.54) is 6.33 Å². The minimum absolute atomic E-state index is 0.116. The first-order valence-electron chi connectivity index (χ1n) is 5.55. The van der Waals surface area contributed by atoms with Gasteiger partial charge in [0.2, 0.25) is 0 Å². The first kappa shape index (κ1) is 12.6. The van der Waals surface area contributed by atoms with Crippen LogP contribution >= 0.6 is 11.6 Å². The smallest absolute Gasteiger partial charge is 0.251 e. The molecule has 2 rings (SSSR count). The predicted molar refractivity (Wildman–Crippen MR) is 68.6 cm³/mol. The van der Waals surface area contributed by atoms with E-state index in [9.17, 15) is 4.79 Å². The highest BCUT2D eigenvalue weighted by molar-refractivity contribution is 6.31. The number of aryl methyl sites for hydroxylation is 1. The first-order valence-corrected chi connectivity index (χ1v) is 5.93. The second-order valence-corrected chi connectivity index (χ2v) is 4.31. The summed E-state index contributed by atoms with van der Waals surface area (Å²) in [6.07, 6.45) is 2.07. The topological polar surface area (TPSA) is 70.7 Å². The molecule has 0 spiro atoms. The van der Waals surface area contributed by atoms with Gasteiger partial charge in [0.1, 0.15) is 12.2 Å². The number of H-pyrrole nitrogens is 1. The second-order valence-electron chi connectivity index (χ2n) is 3.90. The molecular weight excluding hydrogens is 252 g/mol. The van der Waals surface area contributed by atoms with Crippen LogP contribution in [-0.4, -0.2) is 27.6 Å². The Morgan fingerprint density at radius 2 is 2.33 bits per heavy atom. The van der Waals surface area contributed by atoms with Gasteiger partial charge in [-0.15, -0.1) is 0 Å². The molecule has 0 aliphatic carbocycles. The summed E-state index contributed by atoms with van der Waals surface area (Å²) in [4.78, 5) is 15.8. The predicted octanol–water partition coefficient (Wildman–Crippen LogP) is 1.74. The number of nitrogens with one attached hydrogen (secondary N) is 2. The van der Waals surface area contributed by atoms with Crippen LogP contribution < -0.4 is 5.32 Å². The minimum atomic E-state index is -0.116. The lowest BCUT2D eigenvalue weighted by atomic mass is 10.1. The number of hydrogen-bond donors (Lipinski definition) is 2. The molecule has 18 heavy (non-hydrogen) atoms. The number of hydrogen-bond acceptors (Lipinski definition) is 3. The summed E-state index contributed by atoms with van der Waals surface area (Å²) in [6.45, 7) is 2.38. The summed E-state index contributed by atoms with van der Waals surface area (Å²) >= 11 is 5.91. The van der Waals surface area contributed by atoms with Gasteiger partial charge in [0.15, 0.2) is 0 Å². The Labute approximate surface area is 110 Å². The average Bonchev–Trinajstić information content (AvgIpc) is 2.85. The van der Waals surface area contributed by atoms with Crippen molar-refractivity contribution in [2.45, 2.75) is 13.3 Å². The molecule has 0 atom stereocenters. The van der Waals surface area contributed by atoms with Gasteiger partial charge >= 0.3 is 0 Å². The van der Waals surface area contributed by atoms with Crippen molar-refractivity contribution in [3.63, 3.8) is 0 Å². The minimum Gasteiger partial charge on any atom is -0.352 e. The van der Waals surface area contributed by atoms with Crippen molar-refractivity contribution in [2.75, 3.05) is 6.54 Å². The molecule has 1 heterocycles. The van der Waals surface area contributed by atoms with Crippen molar-refractivity contribution in [1.82, 2.24) is 20.5 Å². The monoisotopic (exact) mass is 264 g/mol. The number of carbonyl (C=O) groups is 1. The van der Waals surface area contributed by atoms with E-state index < -0.39 is 0 Å². The third-order valence-corrected chi connectivity index (χ3v) is 2.96. The van der Waals surface area contributed by atoms with Crippen LogP contribution in [0, 0.1) is 6.92 Å². The van der Waals surface area contributed by atoms with Crippen LogP contribution in [0.25, 0.3) is 0 Å². The van der Waals surface area contributed by atoms with Gasteiger partial charge in [-0.2, -0.15) is 5.10 Å². The summed E-state index contributed by atoms with van der Waals surface area (Å²) in [5.74, 6) is 0.636. The van der Waals surface area contributed by atoms with Gasteiger partial charge in [-0.1, -0.05) is 11.6 Å². The van der Waals surface area contributed by atoms with E-state index in [1.807, 2.05) is 6.92 Å². The van der Waals surface area contributed by atoms with Crippen molar-refractivity contribution < 1.29 is 4.79 Å². The van der Waals surface area contributed by atoms with Gasteiger partial charge < -0.3 is 5.32 Å². The van der Waals surface area contributed by atoms with E-state index >= 15 is 0 Å². The molecule has 5 nitrogen and oxygen atoms in total. The van der Waals surface area contributed by atoms with Crippen LogP contribution in [0.4, 0.5) is 0 Å². The number of rotatable bonds is 4. The Kier molecular flexibility index (Phi) is 3.94. The Balaban J connectivity index is 1.89. The number of aromatic amines is 1. The third-order valence-electron chi connectivity index (χ3n) is 2.53. The summed E-state index contributed by atoms with van der Waals surface area (Å²) in [6, 6.07) is 5.20. The zero-order valence-electron chi connectivity index (χ0n) is 9.90. The van der Waals surface area contributed by atoms with E-state index in [1.54, 1.807) is 18.2 Å². The Hall–Kier alpha value is -1.88. The number of aromatic nitrogens is 3. The molecule has 1 aromatic carbocycles. The molecule has 0 unspecified atom stereocenters. The van der Waals surface area contributed by atoms with Gasteiger partial charge in [0, 0.05) is 23.6 Å². The zero-order valence-corrected chi connectivity index (χ0v) is 10.7. The molecule has 2 N–H and O–H groups in total. The SMILES string of the molecule is Cc1cc(C(=O)NCCc2ncn[nH]2)ccc1Cl. The van der Waals surface area contributed by atoms with Crippen molar-refractivity contribution >= 4 is 17.5 Å². The summed E-state index contributed by atoms with van der Waals surface area (Å²) < 4.78 is 0. The van der Waals surface area contributed by atoms with E-state index in [0.29, 0.717) is 23.6 Å². The van der Waals surface area contributed by atoms with Gasteiger partial charge in [0.25, 0.3) is 5.91 Å². The third kappa shape index (κ3) is 3.07. The molecule has 94 valence electrons. The van der Waals surface area contributed by atoms with Crippen molar-refractivity contribution in [3.05, 3.63) is 46.5 Å². The van der Waals surface area contributed by atoms with Crippen molar-refractivity contribution in [2.24, 2.45) is 0 Å². The fourth-order valence-electron chi connectivity index (χ4n) is 1.53. The Morgan fingerprint density at radius 3 is 3.00 bits per heavy atom. The lowest BCUT2D eigenvalue weighted by molar-refractivity contribution is 0.0954. The highest BCUT2D eigenvalue weighted by Crippen LogP contribution is 2.16. The molecule has 0 aliphatic rings. The van der Waals surface area contributed by atoms with Gasteiger partial charge in [-0.05, 0) is 30.7 Å². The highest BCUT2D eigenvalue weighted by Gasteiger charge is 2.06. The molecule has 0 radical (unpaired) electrons. The van der Waals surface area contributed by atoms with Crippen LogP contribution in [0.1, 0.15) is 21.7 Å². The number of benzene rings is 1. The molecule has 0 saturated carbocycles. The molecular formula is C12H13ClN4O. The molecule has 1 aromatic heterocycles. The summed E-state index contributed by atoms with van der Waals surface area (Å²) in [5.41, 5.74) is 1.49. The Morgan fingerprint density at radius 1 is 1.50 bits per heavy atom. The van der Waals surface area contributed by atoms with Gasteiger partial charge in [0.05, 0.1) is 0 Å². The second kappa shape index (κ2) is 5.64. The van der Waals surface area contributed by atoms with Crippen molar-refractivity contribution in [3.8, 4) is 0 Å². The Bertz CT molecular complexity index is 539. The van der Waals surface area contributed by atoms with Crippen LogP contribution in [0.5, 0.6) is 0 Å². The molecule has 2 aromatic rings. The maximum absolute atomic E-state index is 11.8.